The molecule has 3 rings (SSSR count). The Morgan fingerprint density at radius 3 is 2.57 bits per heavy atom. The Morgan fingerprint density at radius 2 is 1.93 bits per heavy atom. The number of carbonyl (C=O) groups is 2. The van der Waals surface area contributed by atoms with Crippen molar-refractivity contribution in [3.8, 4) is 0 Å². The van der Waals surface area contributed by atoms with Crippen LogP contribution in [0.4, 0.5) is 5.69 Å². The van der Waals surface area contributed by atoms with Crippen molar-refractivity contribution in [2.75, 3.05) is 20.3 Å². The van der Waals surface area contributed by atoms with Crippen molar-refractivity contribution in [2.45, 2.75) is 12.5 Å². The number of non-ortho nitro benzene ring substituents is 1. The molecule has 2 aromatic carbocycles. The number of rotatable bonds is 7. The van der Waals surface area contributed by atoms with Crippen LogP contribution in [-0.2, 0) is 14.3 Å². The second kappa shape index (κ2) is 9.06. The fraction of sp³-hybridized carbons (Fsp3) is 0.238. The first-order valence-electron chi connectivity index (χ1n) is 9.12. The number of nitrogens with zero attached hydrogens (tertiary/aromatic N) is 2. The molecule has 1 aliphatic heterocycles. The van der Waals surface area contributed by atoms with E-state index in [2.05, 4.69) is 0 Å². The summed E-state index contributed by atoms with van der Waals surface area (Å²) in [6.45, 7) is 0.547. The number of methoxy groups -OCH3 is 1. The molecule has 8 nitrogen and oxygen atoms in total. The van der Waals surface area contributed by atoms with Crippen molar-refractivity contribution >= 4 is 34.7 Å². The van der Waals surface area contributed by atoms with Crippen LogP contribution in [0.3, 0.4) is 0 Å². The number of aliphatic hydroxyl groups is 1. The highest BCUT2D eigenvalue weighted by Gasteiger charge is 2.46. The van der Waals surface area contributed by atoms with E-state index < -0.39 is 22.7 Å². The Bertz CT molecular complexity index is 1020. The van der Waals surface area contributed by atoms with Crippen LogP contribution < -0.4 is 0 Å². The number of nitro groups is 1. The molecule has 2 aromatic rings. The minimum atomic E-state index is -0.961. The molecular weight excluding hydrogens is 412 g/mol. The third kappa shape index (κ3) is 4.19. The number of aliphatic hydroxyl groups excluding tert-OH is 1. The fourth-order valence-corrected chi connectivity index (χ4v) is 3.53. The van der Waals surface area contributed by atoms with E-state index in [1.54, 1.807) is 18.2 Å². The van der Waals surface area contributed by atoms with Gasteiger partial charge in [0.25, 0.3) is 17.4 Å². The zero-order chi connectivity index (χ0) is 21.8. The molecule has 0 bridgehead atoms. The molecule has 1 N–H and O–H groups in total. The molecule has 0 unspecified atom stereocenters. The van der Waals surface area contributed by atoms with Gasteiger partial charge in [0.2, 0.25) is 0 Å². The molecule has 0 aromatic heterocycles. The molecule has 1 heterocycles. The summed E-state index contributed by atoms with van der Waals surface area (Å²) in [4.78, 5) is 37.5. The summed E-state index contributed by atoms with van der Waals surface area (Å²) < 4.78 is 5.02. The van der Waals surface area contributed by atoms with Crippen LogP contribution in [0, 0.1) is 10.1 Å². The molecule has 1 aliphatic rings. The lowest BCUT2D eigenvalue weighted by atomic mass is 9.95. The van der Waals surface area contributed by atoms with Crippen LogP contribution in [0.25, 0.3) is 5.76 Å². The van der Waals surface area contributed by atoms with Gasteiger partial charge in [-0.05, 0) is 36.2 Å². The summed E-state index contributed by atoms with van der Waals surface area (Å²) in [5.41, 5.74) is 0.364. The first-order valence-corrected chi connectivity index (χ1v) is 9.50. The Kier molecular flexibility index (Phi) is 6.49. The highest BCUT2D eigenvalue weighted by molar-refractivity contribution is 6.46. The molecule has 0 saturated carbocycles. The van der Waals surface area contributed by atoms with Gasteiger partial charge in [-0.15, -0.1) is 0 Å². The standard InChI is InChI=1S/C21H19ClN2O6/c1-30-11-3-10-23-18(14-4-2-5-16(12-14)24(28)29)17(20(26)21(23)27)19(25)13-6-8-15(22)9-7-13/h2,4-9,12,18,25H,3,10-11H2,1H3/t18-/m1/s1. The number of ketones is 1. The second-order valence-corrected chi connectivity index (χ2v) is 7.13. The molecule has 0 aliphatic carbocycles. The van der Waals surface area contributed by atoms with Gasteiger partial charge in [0.05, 0.1) is 16.5 Å². The average Bonchev–Trinajstić information content (AvgIpc) is 2.99. The first-order chi connectivity index (χ1) is 14.3. The maximum Gasteiger partial charge on any atom is 0.295 e. The molecule has 0 radical (unpaired) electrons. The number of benzene rings is 2. The van der Waals surface area contributed by atoms with Crippen LogP contribution >= 0.6 is 11.6 Å². The van der Waals surface area contributed by atoms with Crippen LogP contribution in [0.1, 0.15) is 23.6 Å². The van der Waals surface area contributed by atoms with E-state index in [1.807, 2.05) is 0 Å². The van der Waals surface area contributed by atoms with Gasteiger partial charge >= 0.3 is 0 Å². The number of halogens is 1. The zero-order valence-electron chi connectivity index (χ0n) is 16.1. The molecule has 9 heteroatoms. The summed E-state index contributed by atoms with van der Waals surface area (Å²) in [5.74, 6) is -2.00. The van der Waals surface area contributed by atoms with Crippen LogP contribution in [0.15, 0.2) is 54.1 Å². The van der Waals surface area contributed by atoms with Gasteiger partial charge in [0.1, 0.15) is 5.76 Å². The number of amides is 1. The number of nitro benzene ring substituents is 1. The van der Waals surface area contributed by atoms with Crippen molar-refractivity contribution in [1.82, 2.24) is 4.90 Å². The lowest BCUT2D eigenvalue weighted by molar-refractivity contribution is -0.384. The van der Waals surface area contributed by atoms with Crippen molar-refractivity contribution in [3.63, 3.8) is 0 Å². The third-order valence-electron chi connectivity index (χ3n) is 4.80. The third-order valence-corrected chi connectivity index (χ3v) is 5.05. The van der Waals surface area contributed by atoms with Gasteiger partial charge in [0, 0.05) is 43.0 Å². The van der Waals surface area contributed by atoms with Crippen molar-refractivity contribution in [3.05, 3.63) is 80.4 Å². The topological polar surface area (TPSA) is 110 Å². The van der Waals surface area contributed by atoms with E-state index in [4.69, 9.17) is 16.3 Å². The largest absolute Gasteiger partial charge is 0.507 e. The molecule has 156 valence electrons. The first kappa shape index (κ1) is 21.5. The lowest BCUT2D eigenvalue weighted by Crippen LogP contribution is -2.31. The maximum absolute atomic E-state index is 12.8. The van der Waals surface area contributed by atoms with E-state index in [0.29, 0.717) is 29.2 Å². The molecular formula is C21H19ClN2O6. The number of hydrogen-bond acceptors (Lipinski definition) is 6. The maximum atomic E-state index is 12.8. The molecule has 1 saturated heterocycles. The molecule has 0 spiro atoms. The predicted molar refractivity (Wildman–Crippen MR) is 110 cm³/mol. The highest BCUT2D eigenvalue weighted by atomic mass is 35.5. The molecule has 1 amide bonds. The number of ether oxygens (including phenoxy) is 1. The highest BCUT2D eigenvalue weighted by Crippen LogP contribution is 2.40. The van der Waals surface area contributed by atoms with Crippen molar-refractivity contribution < 1.29 is 24.4 Å². The summed E-state index contributed by atoms with van der Waals surface area (Å²) in [7, 11) is 1.52. The van der Waals surface area contributed by atoms with Gasteiger partial charge in [0.15, 0.2) is 0 Å². The number of hydrogen-bond donors (Lipinski definition) is 1. The predicted octanol–water partition coefficient (Wildman–Crippen LogP) is 3.71. The Labute approximate surface area is 177 Å². The molecule has 1 atom stereocenters. The SMILES string of the molecule is COCCCN1C(=O)C(=O)C(=C(O)c2ccc(Cl)cc2)[C@H]1c1cccc([N+](=O)[O-])c1. The quantitative estimate of drug-likeness (QED) is 0.179. The summed E-state index contributed by atoms with van der Waals surface area (Å²) >= 11 is 5.89. The molecule has 30 heavy (non-hydrogen) atoms. The zero-order valence-corrected chi connectivity index (χ0v) is 16.8. The van der Waals surface area contributed by atoms with E-state index in [0.717, 1.165) is 0 Å². The fourth-order valence-electron chi connectivity index (χ4n) is 3.41. The van der Waals surface area contributed by atoms with Crippen LogP contribution in [0.5, 0.6) is 0 Å². The van der Waals surface area contributed by atoms with Gasteiger partial charge in [-0.1, -0.05) is 23.7 Å². The van der Waals surface area contributed by atoms with Crippen LogP contribution in [0.2, 0.25) is 5.02 Å². The van der Waals surface area contributed by atoms with Crippen molar-refractivity contribution in [1.29, 1.82) is 0 Å². The minimum absolute atomic E-state index is 0.125. The molecule has 1 fully saturated rings. The van der Waals surface area contributed by atoms with Gasteiger partial charge in [-0.3, -0.25) is 19.7 Å². The Morgan fingerprint density at radius 1 is 1.23 bits per heavy atom. The number of likely N-dealkylation sites (tertiary alicyclic amines) is 1. The van der Waals surface area contributed by atoms with E-state index >= 15 is 0 Å². The van der Waals surface area contributed by atoms with Gasteiger partial charge < -0.3 is 14.7 Å². The number of Topliss-reactive ketones (excluding diaryl/α,β-unsaturated/α-hetero) is 1. The average molecular weight is 431 g/mol. The van der Waals surface area contributed by atoms with E-state index in [-0.39, 0.29) is 23.6 Å². The summed E-state index contributed by atoms with van der Waals surface area (Å²) in [5, 5.41) is 22.5. The minimum Gasteiger partial charge on any atom is -0.507 e. The van der Waals surface area contributed by atoms with Gasteiger partial charge in [-0.25, -0.2) is 0 Å². The Balaban J connectivity index is 2.15. The second-order valence-electron chi connectivity index (χ2n) is 6.70. The normalized spacial score (nSPS) is 18.1. The monoisotopic (exact) mass is 430 g/mol. The van der Waals surface area contributed by atoms with Gasteiger partial charge in [-0.2, -0.15) is 0 Å². The lowest BCUT2D eigenvalue weighted by Gasteiger charge is -2.25. The smallest absolute Gasteiger partial charge is 0.295 e. The van der Waals surface area contributed by atoms with E-state index in [1.165, 1.54) is 42.3 Å². The van der Waals surface area contributed by atoms with Crippen molar-refractivity contribution in [2.24, 2.45) is 0 Å². The van der Waals surface area contributed by atoms with E-state index in [9.17, 15) is 24.8 Å². The summed E-state index contributed by atoms with van der Waals surface area (Å²) in [6.07, 6.45) is 0.454. The Hall–Kier alpha value is -3.23. The van der Waals surface area contributed by atoms with Crippen LogP contribution in [-0.4, -0.2) is 46.9 Å². The summed E-state index contributed by atoms with van der Waals surface area (Å²) in [6, 6.07) is 10.9. The number of carbonyl (C=O) groups excluding carboxylic acids is 2.